The van der Waals surface area contributed by atoms with Crippen LogP contribution in [0.2, 0.25) is 0 Å². The molecule has 2 heteroatoms. The second-order valence-corrected chi connectivity index (χ2v) is 3.04. The lowest BCUT2D eigenvalue weighted by atomic mass is 10.1. The van der Waals surface area contributed by atoms with E-state index in [9.17, 15) is 0 Å². The van der Waals surface area contributed by atoms with E-state index in [1.165, 1.54) is 0 Å². The van der Waals surface area contributed by atoms with E-state index < -0.39 is 0 Å². The fourth-order valence-corrected chi connectivity index (χ4v) is 1.09. The molecule has 0 aliphatic carbocycles. The molecule has 0 aliphatic heterocycles. The van der Waals surface area contributed by atoms with Crippen LogP contribution in [0.25, 0.3) is 0 Å². The van der Waals surface area contributed by atoms with Crippen LogP contribution >= 0.6 is 12.2 Å². The predicted octanol–water partition coefficient (Wildman–Crippen LogP) is 2.19. The summed E-state index contributed by atoms with van der Waals surface area (Å²) in [6.45, 7) is 9.62. The summed E-state index contributed by atoms with van der Waals surface area (Å²) in [5, 5.41) is 0. The molecular weight excluding hydrogens is 142 g/mol. The molecule has 1 unspecified atom stereocenters. The molecule has 0 saturated carbocycles. The fourth-order valence-electron chi connectivity index (χ4n) is 0.796. The van der Waals surface area contributed by atoms with Crippen LogP contribution in [0.4, 0.5) is 0 Å². The van der Waals surface area contributed by atoms with Gasteiger partial charge in [0, 0.05) is 12.6 Å². The molecule has 0 aliphatic rings. The molecule has 0 rings (SSSR count). The zero-order valence-electron chi connectivity index (χ0n) is 7.22. The van der Waals surface area contributed by atoms with Crippen molar-refractivity contribution < 1.29 is 0 Å². The lowest BCUT2D eigenvalue weighted by molar-refractivity contribution is 0.288. The summed E-state index contributed by atoms with van der Waals surface area (Å²) in [5.74, 6) is 0.649. The average molecular weight is 158 g/mol. The molecule has 0 heterocycles. The Balaban J connectivity index is 3.87. The minimum Gasteiger partial charge on any atom is -0.358 e. The van der Waals surface area contributed by atoms with Gasteiger partial charge in [0.2, 0.25) is 0 Å². The second-order valence-electron chi connectivity index (χ2n) is 2.86. The lowest BCUT2D eigenvalue weighted by Crippen LogP contribution is -2.34. The van der Waals surface area contributed by atoms with E-state index in [2.05, 4.69) is 38.1 Å². The van der Waals surface area contributed by atoms with E-state index in [-0.39, 0.29) is 0 Å². The van der Waals surface area contributed by atoms with Crippen molar-refractivity contribution in [2.24, 2.45) is 5.92 Å². The SMILES string of the molecule is CCN([C]=S)C(C)C(C)C. The first-order chi connectivity index (χ1) is 4.63. The monoisotopic (exact) mass is 158 g/mol. The highest BCUT2D eigenvalue weighted by atomic mass is 32.1. The highest BCUT2D eigenvalue weighted by molar-refractivity contribution is 7.78. The van der Waals surface area contributed by atoms with E-state index in [0.717, 1.165) is 6.54 Å². The minimum atomic E-state index is 0.516. The van der Waals surface area contributed by atoms with Gasteiger partial charge in [-0.3, -0.25) is 0 Å². The van der Waals surface area contributed by atoms with Crippen LogP contribution in [0.1, 0.15) is 27.7 Å². The summed E-state index contributed by atoms with van der Waals surface area (Å²) >= 11 is 4.74. The van der Waals surface area contributed by atoms with E-state index in [4.69, 9.17) is 12.2 Å². The number of hydrogen-bond donors (Lipinski definition) is 0. The molecule has 1 atom stereocenters. The molecule has 10 heavy (non-hydrogen) atoms. The van der Waals surface area contributed by atoms with E-state index in [1.807, 2.05) is 0 Å². The maximum absolute atomic E-state index is 4.74. The Labute approximate surface area is 69.4 Å². The van der Waals surface area contributed by atoms with Crippen molar-refractivity contribution in [2.45, 2.75) is 33.7 Å². The van der Waals surface area contributed by atoms with Crippen LogP contribution in [-0.2, 0) is 0 Å². The van der Waals surface area contributed by atoms with Crippen molar-refractivity contribution >= 4 is 17.7 Å². The zero-order valence-corrected chi connectivity index (χ0v) is 8.03. The van der Waals surface area contributed by atoms with Gasteiger partial charge in [-0.05, 0) is 19.8 Å². The molecule has 0 amide bonds. The predicted molar refractivity (Wildman–Crippen MR) is 49.3 cm³/mol. The summed E-state index contributed by atoms with van der Waals surface area (Å²) in [6.07, 6.45) is 0. The molecule has 59 valence electrons. The smallest absolute Gasteiger partial charge is 0.137 e. The Hall–Kier alpha value is -0.110. The third-order valence-corrected chi connectivity index (χ3v) is 2.15. The molecule has 0 bridgehead atoms. The van der Waals surface area contributed by atoms with Gasteiger partial charge in [-0.25, -0.2) is 0 Å². The average Bonchev–Trinajstić information content (AvgIpc) is 1.90. The van der Waals surface area contributed by atoms with Crippen molar-refractivity contribution in [1.29, 1.82) is 0 Å². The minimum absolute atomic E-state index is 0.516. The number of hydrogen-bond acceptors (Lipinski definition) is 1. The zero-order chi connectivity index (χ0) is 8.15. The lowest BCUT2D eigenvalue weighted by Gasteiger charge is -2.27. The van der Waals surface area contributed by atoms with Gasteiger partial charge in [0.15, 0.2) is 0 Å². The molecule has 0 aromatic rings. The van der Waals surface area contributed by atoms with Crippen molar-refractivity contribution in [2.75, 3.05) is 6.54 Å². The van der Waals surface area contributed by atoms with Crippen LogP contribution in [-0.4, -0.2) is 23.0 Å². The summed E-state index contributed by atoms with van der Waals surface area (Å²) < 4.78 is 0. The molecule has 1 radical (unpaired) electrons. The van der Waals surface area contributed by atoms with E-state index >= 15 is 0 Å². The molecule has 0 saturated heterocycles. The van der Waals surface area contributed by atoms with Gasteiger partial charge in [-0.1, -0.05) is 26.1 Å². The number of nitrogens with zero attached hydrogens (tertiary/aromatic N) is 1. The van der Waals surface area contributed by atoms with Crippen LogP contribution < -0.4 is 0 Å². The van der Waals surface area contributed by atoms with Gasteiger partial charge in [0.25, 0.3) is 0 Å². The summed E-state index contributed by atoms with van der Waals surface area (Å²) in [4.78, 5) is 2.06. The molecule has 1 nitrogen and oxygen atoms in total. The van der Waals surface area contributed by atoms with E-state index in [1.54, 1.807) is 0 Å². The summed E-state index contributed by atoms with van der Waals surface area (Å²) in [7, 11) is 0. The Morgan fingerprint density at radius 2 is 1.90 bits per heavy atom. The van der Waals surface area contributed by atoms with Gasteiger partial charge in [-0.15, -0.1) is 0 Å². The standard InChI is InChI=1S/C8H16NS/c1-5-9(6-10)8(4)7(2)3/h7-8H,5H2,1-4H3. The van der Waals surface area contributed by atoms with Gasteiger partial charge >= 0.3 is 0 Å². The third-order valence-electron chi connectivity index (χ3n) is 1.91. The quantitative estimate of drug-likeness (QED) is 0.456. The maximum Gasteiger partial charge on any atom is 0.137 e. The maximum atomic E-state index is 4.74. The molecule has 0 aromatic carbocycles. The van der Waals surface area contributed by atoms with E-state index in [0.29, 0.717) is 12.0 Å². The largest absolute Gasteiger partial charge is 0.358 e. The first-order valence-electron chi connectivity index (χ1n) is 3.77. The molecule has 0 fully saturated rings. The molecule has 0 spiro atoms. The van der Waals surface area contributed by atoms with Crippen molar-refractivity contribution in [1.82, 2.24) is 4.90 Å². The highest BCUT2D eigenvalue weighted by Gasteiger charge is 2.11. The topological polar surface area (TPSA) is 3.24 Å². The Bertz CT molecular complexity index is 101. The van der Waals surface area contributed by atoms with Crippen LogP contribution in [0, 0.1) is 5.92 Å². The number of rotatable bonds is 4. The Morgan fingerprint density at radius 3 is 2.00 bits per heavy atom. The molecular formula is C8H16NS. The van der Waals surface area contributed by atoms with Gasteiger partial charge < -0.3 is 4.90 Å². The van der Waals surface area contributed by atoms with Crippen LogP contribution in [0.5, 0.6) is 0 Å². The Morgan fingerprint density at radius 1 is 1.40 bits per heavy atom. The van der Waals surface area contributed by atoms with Crippen molar-refractivity contribution in [3.8, 4) is 0 Å². The number of thiocarbonyl (C=S) groups is 1. The van der Waals surface area contributed by atoms with Gasteiger partial charge in [0.1, 0.15) is 5.49 Å². The summed E-state index contributed by atoms with van der Waals surface area (Å²) in [5.41, 5.74) is 2.75. The molecule has 0 aromatic heterocycles. The fraction of sp³-hybridized carbons (Fsp3) is 0.875. The highest BCUT2D eigenvalue weighted by Crippen LogP contribution is 2.07. The molecule has 0 N–H and O–H groups in total. The van der Waals surface area contributed by atoms with Gasteiger partial charge in [-0.2, -0.15) is 0 Å². The first kappa shape index (κ1) is 9.89. The van der Waals surface area contributed by atoms with Crippen molar-refractivity contribution in [3.63, 3.8) is 0 Å². The van der Waals surface area contributed by atoms with Gasteiger partial charge in [0.05, 0.1) is 0 Å². The first-order valence-corrected chi connectivity index (χ1v) is 4.18. The van der Waals surface area contributed by atoms with Crippen molar-refractivity contribution in [3.05, 3.63) is 0 Å². The normalized spacial score (nSPS) is 13.3. The third kappa shape index (κ3) is 2.65. The second kappa shape index (κ2) is 4.67. The Kier molecular flexibility index (Phi) is 4.62. The van der Waals surface area contributed by atoms with Crippen LogP contribution in [0.15, 0.2) is 0 Å². The van der Waals surface area contributed by atoms with Crippen LogP contribution in [0.3, 0.4) is 0 Å². The summed E-state index contributed by atoms with van der Waals surface area (Å²) in [6, 6.07) is 0.516.